The van der Waals surface area contributed by atoms with Crippen molar-refractivity contribution < 1.29 is 43.9 Å². The highest BCUT2D eigenvalue weighted by Gasteiger charge is 2.41. The van der Waals surface area contributed by atoms with Crippen molar-refractivity contribution in [1.29, 1.82) is 0 Å². The standard InChI is InChI=1S/C25H22Cl2F7NO3S/c1-4-16-20(26)9-15(10-21(16)27)18(24(29,30)31)11-22(28)14-6-7-17(19(8-14)25(32,33)34)23(36)35-13(3)12-39(37,38)5-2/h4,6-11,13,18H,1,5,12H2,2-3H3,(H,35,36)/b22-11-. The van der Waals surface area contributed by atoms with Crippen LogP contribution in [0.15, 0.2) is 43.0 Å². The molecule has 0 aliphatic rings. The minimum Gasteiger partial charge on any atom is -0.349 e. The average molecular weight is 620 g/mol. The van der Waals surface area contributed by atoms with E-state index in [0.717, 1.165) is 12.1 Å². The molecule has 2 aromatic rings. The van der Waals surface area contributed by atoms with E-state index in [1.54, 1.807) is 0 Å². The van der Waals surface area contributed by atoms with E-state index < -0.39 is 73.9 Å². The Labute approximate surface area is 230 Å². The smallest absolute Gasteiger partial charge is 0.349 e. The van der Waals surface area contributed by atoms with Gasteiger partial charge in [-0.1, -0.05) is 48.8 Å². The lowest BCUT2D eigenvalue weighted by atomic mass is 9.94. The summed E-state index contributed by atoms with van der Waals surface area (Å²) in [4.78, 5) is 12.5. The van der Waals surface area contributed by atoms with E-state index in [9.17, 15) is 39.6 Å². The highest BCUT2D eigenvalue weighted by atomic mass is 35.5. The maximum absolute atomic E-state index is 15.0. The van der Waals surface area contributed by atoms with Crippen LogP contribution in [0.3, 0.4) is 0 Å². The molecule has 0 saturated heterocycles. The molecular weight excluding hydrogens is 598 g/mol. The molecule has 0 bridgehead atoms. The van der Waals surface area contributed by atoms with Crippen LogP contribution in [0.4, 0.5) is 30.7 Å². The second kappa shape index (κ2) is 12.3. The summed E-state index contributed by atoms with van der Waals surface area (Å²) >= 11 is 11.9. The van der Waals surface area contributed by atoms with Crippen LogP contribution in [0.5, 0.6) is 0 Å². The van der Waals surface area contributed by atoms with Crippen molar-refractivity contribution in [1.82, 2.24) is 5.32 Å². The average Bonchev–Trinajstić information content (AvgIpc) is 2.80. The van der Waals surface area contributed by atoms with Crippen molar-refractivity contribution in [3.8, 4) is 0 Å². The minimum absolute atomic E-state index is 0.0719. The van der Waals surface area contributed by atoms with Crippen molar-refractivity contribution in [2.24, 2.45) is 0 Å². The molecule has 0 radical (unpaired) electrons. The van der Waals surface area contributed by atoms with Gasteiger partial charge in [-0.05, 0) is 42.8 Å². The largest absolute Gasteiger partial charge is 0.417 e. The van der Waals surface area contributed by atoms with E-state index in [2.05, 4.69) is 11.9 Å². The fraction of sp³-hybridized carbons (Fsp3) is 0.320. The third kappa shape index (κ3) is 8.46. The normalized spacial score (nSPS) is 14.6. The summed E-state index contributed by atoms with van der Waals surface area (Å²) in [7, 11) is -3.57. The zero-order valence-corrected chi connectivity index (χ0v) is 22.7. The van der Waals surface area contributed by atoms with E-state index in [0.29, 0.717) is 12.1 Å². The first-order valence-corrected chi connectivity index (χ1v) is 13.7. The number of carbonyl (C=O) groups is 1. The Morgan fingerprint density at radius 3 is 2.10 bits per heavy atom. The summed E-state index contributed by atoms with van der Waals surface area (Å²) in [5, 5.41) is 1.73. The number of allylic oxidation sites excluding steroid dienone is 1. The second-order valence-electron chi connectivity index (χ2n) is 8.47. The lowest BCUT2D eigenvalue weighted by Crippen LogP contribution is -2.38. The molecule has 0 fully saturated rings. The summed E-state index contributed by atoms with van der Waals surface area (Å²) in [6.45, 7) is 6.06. The van der Waals surface area contributed by atoms with Gasteiger partial charge in [0.25, 0.3) is 5.91 Å². The van der Waals surface area contributed by atoms with Crippen LogP contribution in [0, 0.1) is 0 Å². The number of alkyl halides is 6. The van der Waals surface area contributed by atoms with Gasteiger partial charge in [0.05, 0.1) is 16.9 Å². The quantitative estimate of drug-likeness (QED) is 0.291. The number of rotatable bonds is 9. The molecule has 2 rings (SSSR count). The van der Waals surface area contributed by atoms with Gasteiger partial charge in [0.1, 0.15) is 11.7 Å². The lowest BCUT2D eigenvalue weighted by Gasteiger charge is -2.20. The molecule has 2 aromatic carbocycles. The zero-order chi connectivity index (χ0) is 29.9. The Bertz CT molecular complexity index is 1360. The monoisotopic (exact) mass is 619 g/mol. The maximum atomic E-state index is 15.0. The topological polar surface area (TPSA) is 63.2 Å². The van der Waals surface area contributed by atoms with Crippen LogP contribution in [-0.2, 0) is 16.0 Å². The third-order valence-corrected chi connectivity index (χ3v) is 8.01. The van der Waals surface area contributed by atoms with E-state index in [4.69, 9.17) is 23.2 Å². The molecule has 1 amide bonds. The Kier molecular flexibility index (Phi) is 10.3. The molecule has 4 nitrogen and oxygen atoms in total. The van der Waals surface area contributed by atoms with Crippen LogP contribution >= 0.6 is 23.2 Å². The van der Waals surface area contributed by atoms with Gasteiger partial charge in [-0.3, -0.25) is 4.79 Å². The SMILES string of the molecule is C=Cc1c(Cl)cc(C(/C=C(\F)c2ccc(C(=O)NC(C)CS(=O)(=O)CC)c(C(F)(F)F)c2)C(F)(F)F)cc1Cl. The summed E-state index contributed by atoms with van der Waals surface area (Å²) in [5.41, 5.74) is -3.91. The van der Waals surface area contributed by atoms with Gasteiger partial charge in [0.2, 0.25) is 0 Å². The first kappa shape index (κ1) is 32.6. The summed E-state index contributed by atoms with van der Waals surface area (Å²) in [6, 6.07) is 2.22. The highest BCUT2D eigenvalue weighted by Crippen LogP contribution is 2.42. The molecule has 0 aliphatic heterocycles. The molecular formula is C25H22Cl2F7NO3S. The van der Waals surface area contributed by atoms with Gasteiger partial charge in [0.15, 0.2) is 9.84 Å². The Morgan fingerprint density at radius 2 is 1.64 bits per heavy atom. The molecule has 0 aliphatic carbocycles. The fourth-order valence-corrected chi connectivity index (χ4v) is 5.31. The Morgan fingerprint density at radius 1 is 1.08 bits per heavy atom. The molecule has 39 heavy (non-hydrogen) atoms. The summed E-state index contributed by atoms with van der Waals surface area (Å²) in [6.07, 6.45) is -9.01. The number of hydrogen-bond acceptors (Lipinski definition) is 3. The molecule has 0 aromatic heterocycles. The minimum atomic E-state index is -5.20. The highest BCUT2D eigenvalue weighted by molar-refractivity contribution is 7.91. The maximum Gasteiger partial charge on any atom is 0.417 e. The van der Waals surface area contributed by atoms with E-state index in [1.807, 2.05) is 0 Å². The lowest BCUT2D eigenvalue weighted by molar-refractivity contribution is -0.140. The van der Waals surface area contributed by atoms with Gasteiger partial charge < -0.3 is 5.32 Å². The molecule has 14 heteroatoms. The van der Waals surface area contributed by atoms with Gasteiger partial charge in [-0.25, -0.2) is 12.8 Å². The Hall–Kier alpha value is -2.57. The predicted molar refractivity (Wildman–Crippen MR) is 137 cm³/mol. The van der Waals surface area contributed by atoms with Crippen LogP contribution in [0.2, 0.25) is 10.0 Å². The van der Waals surface area contributed by atoms with Crippen molar-refractivity contribution >= 4 is 50.8 Å². The number of carbonyl (C=O) groups excluding carboxylic acids is 1. The third-order valence-electron chi connectivity index (χ3n) is 5.50. The number of halogens is 9. The van der Waals surface area contributed by atoms with Crippen molar-refractivity contribution in [2.75, 3.05) is 11.5 Å². The van der Waals surface area contributed by atoms with Gasteiger partial charge in [-0.2, -0.15) is 26.3 Å². The van der Waals surface area contributed by atoms with Crippen LogP contribution in [0.25, 0.3) is 11.9 Å². The van der Waals surface area contributed by atoms with Gasteiger partial charge in [-0.15, -0.1) is 0 Å². The van der Waals surface area contributed by atoms with E-state index >= 15 is 4.39 Å². The molecule has 1 N–H and O–H groups in total. The summed E-state index contributed by atoms with van der Waals surface area (Å²) in [5.74, 6) is -6.37. The fourth-order valence-electron chi connectivity index (χ4n) is 3.57. The number of hydrogen-bond donors (Lipinski definition) is 1. The second-order valence-corrected chi connectivity index (χ2v) is 11.7. The first-order chi connectivity index (χ1) is 17.8. The molecule has 2 unspecified atom stereocenters. The van der Waals surface area contributed by atoms with Gasteiger partial charge in [0, 0.05) is 33.0 Å². The van der Waals surface area contributed by atoms with Crippen LogP contribution in [-0.4, -0.2) is 38.0 Å². The molecule has 0 heterocycles. The van der Waals surface area contributed by atoms with Crippen LogP contribution in [0.1, 0.15) is 52.4 Å². The van der Waals surface area contributed by atoms with Crippen molar-refractivity contribution in [2.45, 2.75) is 38.2 Å². The van der Waals surface area contributed by atoms with E-state index in [1.165, 1.54) is 19.9 Å². The number of nitrogens with one attached hydrogen (secondary N) is 1. The van der Waals surface area contributed by atoms with Crippen LogP contribution < -0.4 is 5.32 Å². The van der Waals surface area contributed by atoms with Crippen molar-refractivity contribution in [3.05, 3.63) is 80.8 Å². The molecule has 0 spiro atoms. The van der Waals surface area contributed by atoms with Gasteiger partial charge >= 0.3 is 12.4 Å². The summed E-state index contributed by atoms with van der Waals surface area (Å²) < 4.78 is 121. The molecule has 0 saturated carbocycles. The van der Waals surface area contributed by atoms with Crippen molar-refractivity contribution in [3.63, 3.8) is 0 Å². The zero-order valence-electron chi connectivity index (χ0n) is 20.4. The molecule has 214 valence electrons. The molecule has 2 atom stereocenters. The first-order valence-electron chi connectivity index (χ1n) is 11.1. The number of benzene rings is 2. The number of amides is 1. The van der Waals surface area contributed by atoms with E-state index in [-0.39, 0.29) is 33.5 Å². The Balaban J connectivity index is 2.54. The predicted octanol–water partition coefficient (Wildman–Crippen LogP) is 7.86. The number of sulfone groups is 1.